The van der Waals surface area contributed by atoms with Crippen molar-refractivity contribution in [2.45, 2.75) is 19.3 Å². The average Bonchev–Trinajstić information content (AvgIpc) is 2.48. The zero-order chi connectivity index (χ0) is 15.1. The van der Waals surface area contributed by atoms with Gasteiger partial charge in [0.25, 0.3) is 5.91 Å². The molecule has 1 aliphatic rings. The first-order valence-electron chi connectivity index (χ1n) is 7.07. The Kier molecular flexibility index (Phi) is 6.20. The van der Waals surface area contributed by atoms with Crippen LogP contribution in [0.3, 0.4) is 0 Å². The van der Waals surface area contributed by atoms with E-state index in [0.29, 0.717) is 12.3 Å². The molecule has 1 aliphatic heterocycles. The summed E-state index contributed by atoms with van der Waals surface area (Å²) < 4.78 is 6.18. The van der Waals surface area contributed by atoms with Gasteiger partial charge in [-0.15, -0.1) is 0 Å². The fraction of sp³-hybridized carbons (Fsp3) is 0.467. The number of methoxy groups -OCH3 is 1. The number of ether oxygens (including phenoxy) is 1. The van der Waals surface area contributed by atoms with Gasteiger partial charge in [0.1, 0.15) is 5.75 Å². The third kappa shape index (κ3) is 5.13. The van der Waals surface area contributed by atoms with Gasteiger partial charge in [0.05, 0.1) is 19.9 Å². The van der Waals surface area contributed by atoms with Crippen LogP contribution in [0.5, 0.6) is 5.75 Å². The minimum absolute atomic E-state index is 0.0814. The largest absolute Gasteiger partial charge is 0.496 e. The Bertz CT molecular complexity index is 514. The number of halogens is 1. The van der Waals surface area contributed by atoms with Gasteiger partial charge in [0, 0.05) is 10.0 Å². The number of piperidine rings is 1. The number of nitrogens with one attached hydrogen (secondary N) is 1. The summed E-state index contributed by atoms with van der Waals surface area (Å²) in [6.45, 7) is 2.40. The number of likely N-dealkylation sites (tertiary alicyclic amines) is 1. The molecule has 0 spiro atoms. The van der Waals surface area contributed by atoms with E-state index >= 15 is 0 Å². The molecular formula is C15H20BrN3O2. The minimum atomic E-state index is -0.0814. The van der Waals surface area contributed by atoms with E-state index in [0.717, 1.165) is 23.1 Å². The van der Waals surface area contributed by atoms with Crippen molar-refractivity contribution >= 4 is 28.1 Å². The second-order valence-corrected chi connectivity index (χ2v) is 5.93. The number of amides is 1. The first-order valence-corrected chi connectivity index (χ1v) is 7.86. The molecule has 0 aliphatic carbocycles. The van der Waals surface area contributed by atoms with E-state index in [1.165, 1.54) is 19.3 Å². The van der Waals surface area contributed by atoms with E-state index < -0.39 is 0 Å². The number of carbonyl (C=O) groups excluding carboxylic acids is 1. The summed E-state index contributed by atoms with van der Waals surface area (Å²) in [6.07, 6.45) is 5.20. The van der Waals surface area contributed by atoms with Crippen LogP contribution in [-0.2, 0) is 4.79 Å². The summed E-state index contributed by atoms with van der Waals surface area (Å²) in [5.74, 6) is 0.634. The highest BCUT2D eigenvalue weighted by Crippen LogP contribution is 2.21. The molecule has 1 heterocycles. The topological polar surface area (TPSA) is 53.9 Å². The van der Waals surface area contributed by atoms with Gasteiger partial charge in [0.15, 0.2) is 0 Å². The van der Waals surface area contributed by atoms with Gasteiger partial charge in [-0.2, -0.15) is 5.10 Å². The molecule has 1 amide bonds. The van der Waals surface area contributed by atoms with Gasteiger partial charge in [-0.3, -0.25) is 9.69 Å². The van der Waals surface area contributed by atoms with Crippen molar-refractivity contribution in [3.8, 4) is 5.75 Å². The normalized spacial score (nSPS) is 16.1. The molecule has 21 heavy (non-hydrogen) atoms. The number of rotatable bonds is 5. The lowest BCUT2D eigenvalue weighted by Crippen LogP contribution is -2.38. The van der Waals surface area contributed by atoms with Crippen LogP contribution in [0.1, 0.15) is 24.8 Å². The van der Waals surface area contributed by atoms with Crippen molar-refractivity contribution in [3.63, 3.8) is 0 Å². The SMILES string of the molecule is COc1ccc(Br)cc1/C=N\NC(=O)CN1CCCCC1. The van der Waals surface area contributed by atoms with Crippen molar-refractivity contribution in [1.29, 1.82) is 0 Å². The van der Waals surface area contributed by atoms with E-state index in [-0.39, 0.29) is 5.91 Å². The highest BCUT2D eigenvalue weighted by atomic mass is 79.9. The summed E-state index contributed by atoms with van der Waals surface area (Å²) in [4.78, 5) is 14.0. The van der Waals surface area contributed by atoms with Crippen molar-refractivity contribution in [2.75, 3.05) is 26.7 Å². The Hall–Kier alpha value is -1.40. The highest BCUT2D eigenvalue weighted by molar-refractivity contribution is 9.10. The lowest BCUT2D eigenvalue weighted by atomic mass is 10.1. The number of hydrogen-bond donors (Lipinski definition) is 1. The lowest BCUT2D eigenvalue weighted by molar-refractivity contribution is -0.122. The smallest absolute Gasteiger partial charge is 0.254 e. The molecule has 1 saturated heterocycles. The molecule has 0 radical (unpaired) electrons. The van der Waals surface area contributed by atoms with Crippen LogP contribution in [0.4, 0.5) is 0 Å². The third-order valence-corrected chi connectivity index (χ3v) is 3.89. The zero-order valence-corrected chi connectivity index (χ0v) is 13.7. The van der Waals surface area contributed by atoms with Gasteiger partial charge in [0.2, 0.25) is 0 Å². The summed E-state index contributed by atoms with van der Waals surface area (Å²) in [6, 6.07) is 5.63. The van der Waals surface area contributed by atoms with Crippen LogP contribution in [0, 0.1) is 0 Å². The van der Waals surface area contributed by atoms with Crippen LogP contribution in [-0.4, -0.2) is 43.8 Å². The Balaban J connectivity index is 1.86. The van der Waals surface area contributed by atoms with Crippen LogP contribution < -0.4 is 10.2 Å². The van der Waals surface area contributed by atoms with Gasteiger partial charge in [-0.1, -0.05) is 22.4 Å². The number of hydrogen-bond acceptors (Lipinski definition) is 4. The van der Waals surface area contributed by atoms with Crippen LogP contribution in [0.15, 0.2) is 27.8 Å². The second kappa shape index (κ2) is 8.14. The monoisotopic (exact) mass is 353 g/mol. The number of carbonyl (C=O) groups is 1. The molecule has 1 aromatic carbocycles. The van der Waals surface area contributed by atoms with Crippen LogP contribution in [0.25, 0.3) is 0 Å². The third-order valence-electron chi connectivity index (χ3n) is 3.40. The van der Waals surface area contributed by atoms with Gasteiger partial charge < -0.3 is 4.74 Å². The van der Waals surface area contributed by atoms with Gasteiger partial charge in [-0.25, -0.2) is 5.43 Å². The second-order valence-electron chi connectivity index (χ2n) is 5.02. The fourth-order valence-electron chi connectivity index (χ4n) is 2.34. The Morgan fingerprint density at radius 3 is 2.90 bits per heavy atom. The molecule has 6 heteroatoms. The van der Waals surface area contributed by atoms with Crippen LogP contribution in [0.2, 0.25) is 0 Å². The quantitative estimate of drug-likeness (QED) is 0.653. The minimum Gasteiger partial charge on any atom is -0.496 e. The van der Waals surface area contributed by atoms with Gasteiger partial charge in [-0.05, 0) is 44.1 Å². The molecule has 1 aromatic rings. The number of nitrogens with zero attached hydrogens (tertiary/aromatic N) is 2. The number of hydrazone groups is 1. The fourth-order valence-corrected chi connectivity index (χ4v) is 2.71. The summed E-state index contributed by atoms with van der Waals surface area (Å²) >= 11 is 3.40. The molecule has 0 unspecified atom stereocenters. The first-order chi connectivity index (χ1) is 10.2. The predicted molar refractivity (Wildman–Crippen MR) is 86.7 cm³/mol. The Labute approximate surface area is 133 Å². The van der Waals surface area contributed by atoms with E-state index in [9.17, 15) is 4.79 Å². The van der Waals surface area contributed by atoms with Crippen LogP contribution >= 0.6 is 15.9 Å². The molecular weight excluding hydrogens is 334 g/mol. The molecule has 1 fully saturated rings. The van der Waals surface area contributed by atoms with Crippen molar-refractivity contribution in [1.82, 2.24) is 10.3 Å². The van der Waals surface area contributed by atoms with Gasteiger partial charge >= 0.3 is 0 Å². The molecule has 1 N–H and O–H groups in total. The predicted octanol–water partition coefficient (Wildman–Crippen LogP) is 2.39. The standard InChI is InChI=1S/C15H20BrN3O2/c1-21-14-6-5-13(16)9-12(14)10-17-18-15(20)11-19-7-3-2-4-8-19/h5-6,9-10H,2-4,7-8,11H2,1H3,(H,18,20)/b17-10-. The highest BCUT2D eigenvalue weighted by Gasteiger charge is 2.13. The summed E-state index contributed by atoms with van der Waals surface area (Å²) in [5.41, 5.74) is 3.38. The molecule has 0 atom stereocenters. The molecule has 0 bridgehead atoms. The maximum Gasteiger partial charge on any atom is 0.254 e. The van der Waals surface area contributed by atoms with Crippen molar-refractivity contribution in [2.24, 2.45) is 5.10 Å². The van der Waals surface area contributed by atoms with E-state index in [1.807, 2.05) is 18.2 Å². The zero-order valence-electron chi connectivity index (χ0n) is 12.1. The number of benzene rings is 1. The van der Waals surface area contributed by atoms with E-state index in [1.54, 1.807) is 13.3 Å². The summed E-state index contributed by atoms with van der Waals surface area (Å²) in [5, 5.41) is 4.00. The maximum atomic E-state index is 11.8. The lowest BCUT2D eigenvalue weighted by Gasteiger charge is -2.25. The van der Waals surface area contributed by atoms with E-state index in [2.05, 4.69) is 31.4 Å². The Morgan fingerprint density at radius 2 is 2.19 bits per heavy atom. The summed E-state index contributed by atoms with van der Waals surface area (Å²) in [7, 11) is 1.61. The Morgan fingerprint density at radius 1 is 1.43 bits per heavy atom. The van der Waals surface area contributed by atoms with E-state index in [4.69, 9.17) is 4.74 Å². The molecule has 2 rings (SSSR count). The molecule has 114 valence electrons. The molecule has 0 saturated carbocycles. The average molecular weight is 354 g/mol. The van der Waals surface area contributed by atoms with Crippen molar-refractivity contribution in [3.05, 3.63) is 28.2 Å². The first kappa shape index (κ1) is 16.0. The molecule has 5 nitrogen and oxygen atoms in total. The maximum absolute atomic E-state index is 11.8. The van der Waals surface area contributed by atoms with Crippen molar-refractivity contribution < 1.29 is 9.53 Å². The molecule has 0 aromatic heterocycles.